The highest BCUT2D eigenvalue weighted by molar-refractivity contribution is 6.03. The van der Waals surface area contributed by atoms with Gasteiger partial charge in [0.25, 0.3) is 5.91 Å². The number of amides is 1. The van der Waals surface area contributed by atoms with E-state index in [0.717, 1.165) is 18.8 Å². The summed E-state index contributed by atoms with van der Waals surface area (Å²) >= 11 is 0. The van der Waals surface area contributed by atoms with E-state index in [-0.39, 0.29) is 5.91 Å². The molecule has 0 bridgehead atoms. The average Bonchev–Trinajstić information content (AvgIpc) is 2.92. The third-order valence-corrected chi connectivity index (χ3v) is 4.14. The third kappa shape index (κ3) is 4.01. The molecule has 1 saturated heterocycles. The molecule has 6 heteroatoms. The van der Waals surface area contributed by atoms with Gasteiger partial charge in [-0.15, -0.1) is 0 Å². The topological polar surface area (TPSA) is 67.3 Å². The van der Waals surface area contributed by atoms with Gasteiger partial charge in [-0.1, -0.05) is 12.8 Å². The molecular formula is C18H22N4O2. The van der Waals surface area contributed by atoms with Gasteiger partial charge in [0.05, 0.1) is 12.7 Å². The van der Waals surface area contributed by atoms with E-state index in [9.17, 15) is 4.79 Å². The lowest BCUT2D eigenvalue weighted by atomic mass is 10.2. The number of carbonyl (C=O) groups excluding carboxylic acids is 1. The Balaban J connectivity index is 1.64. The second kappa shape index (κ2) is 7.77. The molecule has 0 atom stereocenters. The molecule has 2 heterocycles. The number of benzene rings is 1. The maximum absolute atomic E-state index is 12.3. The van der Waals surface area contributed by atoms with Crippen LogP contribution in [0.1, 0.15) is 36.0 Å². The van der Waals surface area contributed by atoms with Gasteiger partial charge in [-0.3, -0.25) is 4.79 Å². The van der Waals surface area contributed by atoms with Crippen molar-refractivity contribution < 1.29 is 9.53 Å². The molecule has 0 saturated carbocycles. The van der Waals surface area contributed by atoms with Crippen molar-refractivity contribution >= 4 is 17.5 Å². The summed E-state index contributed by atoms with van der Waals surface area (Å²) in [6, 6.07) is 7.19. The first-order valence-corrected chi connectivity index (χ1v) is 8.28. The quantitative estimate of drug-likeness (QED) is 0.935. The highest BCUT2D eigenvalue weighted by Crippen LogP contribution is 2.17. The SMILES string of the molecule is COc1ccc(NC(=O)c2cnc(N3CCCCCC3)nc2)cc1. The smallest absolute Gasteiger partial charge is 0.258 e. The number of nitrogens with zero attached hydrogens (tertiary/aromatic N) is 3. The van der Waals surface area contributed by atoms with Crippen molar-refractivity contribution in [2.75, 3.05) is 30.4 Å². The Labute approximate surface area is 141 Å². The maximum atomic E-state index is 12.3. The van der Waals surface area contributed by atoms with E-state index in [2.05, 4.69) is 20.2 Å². The molecule has 1 aromatic heterocycles. The van der Waals surface area contributed by atoms with E-state index >= 15 is 0 Å². The van der Waals surface area contributed by atoms with Gasteiger partial charge < -0.3 is 15.0 Å². The first-order chi connectivity index (χ1) is 11.8. The molecule has 2 aromatic rings. The van der Waals surface area contributed by atoms with Crippen LogP contribution in [0.25, 0.3) is 0 Å². The molecule has 1 aliphatic rings. The molecule has 3 rings (SSSR count). The molecule has 0 spiro atoms. The third-order valence-electron chi connectivity index (χ3n) is 4.14. The first kappa shape index (κ1) is 16.2. The number of hydrogen-bond donors (Lipinski definition) is 1. The molecule has 0 radical (unpaired) electrons. The minimum atomic E-state index is -0.220. The fourth-order valence-corrected chi connectivity index (χ4v) is 2.75. The summed E-state index contributed by atoms with van der Waals surface area (Å²) in [6.45, 7) is 1.97. The lowest BCUT2D eigenvalue weighted by Gasteiger charge is -2.19. The second-order valence-corrected chi connectivity index (χ2v) is 5.86. The zero-order valence-corrected chi connectivity index (χ0v) is 13.9. The van der Waals surface area contributed by atoms with Gasteiger partial charge in [0, 0.05) is 31.2 Å². The van der Waals surface area contributed by atoms with Crippen molar-refractivity contribution in [3.05, 3.63) is 42.2 Å². The highest BCUT2D eigenvalue weighted by atomic mass is 16.5. The number of anilines is 2. The molecule has 0 unspecified atom stereocenters. The Morgan fingerprint density at radius 2 is 1.67 bits per heavy atom. The number of carbonyl (C=O) groups is 1. The molecule has 1 N–H and O–H groups in total. The molecule has 0 aliphatic carbocycles. The van der Waals surface area contributed by atoms with Crippen molar-refractivity contribution in [1.29, 1.82) is 0 Å². The Morgan fingerprint density at radius 1 is 1.04 bits per heavy atom. The average molecular weight is 326 g/mol. The van der Waals surface area contributed by atoms with Crippen molar-refractivity contribution in [2.24, 2.45) is 0 Å². The van der Waals surface area contributed by atoms with E-state index in [0.29, 0.717) is 17.2 Å². The van der Waals surface area contributed by atoms with Crippen LogP contribution in [0.2, 0.25) is 0 Å². The zero-order chi connectivity index (χ0) is 16.8. The van der Waals surface area contributed by atoms with E-state index in [1.807, 2.05) is 0 Å². The van der Waals surface area contributed by atoms with E-state index in [1.54, 1.807) is 43.8 Å². The van der Waals surface area contributed by atoms with Gasteiger partial charge in [-0.2, -0.15) is 0 Å². The molecule has 126 valence electrons. The van der Waals surface area contributed by atoms with Crippen LogP contribution in [0.15, 0.2) is 36.7 Å². The van der Waals surface area contributed by atoms with Gasteiger partial charge >= 0.3 is 0 Å². The summed E-state index contributed by atoms with van der Waals surface area (Å²) in [7, 11) is 1.61. The van der Waals surface area contributed by atoms with Crippen molar-refractivity contribution in [2.45, 2.75) is 25.7 Å². The Hall–Kier alpha value is -2.63. The van der Waals surface area contributed by atoms with Crippen molar-refractivity contribution in [3.63, 3.8) is 0 Å². The van der Waals surface area contributed by atoms with Crippen LogP contribution in [0, 0.1) is 0 Å². The molecule has 1 aliphatic heterocycles. The summed E-state index contributed by atoms with van der Waals surface area (Å²) in [4.78, 5) is 23.2. The maximum Gasteiger partial charge on any atom is 0.258 e. The normalized spacial score (nSPS) is 14.8. The first-order valence-electron chi connectivity index (χ1n) is 8.28. The summed E-state index contributed by atoms with van der Waals surface area (Å²) in [5, 5.41) is 2.83. The number of aromatic nitrogens is 2. The largest absolute Gasteiger partial charge is 0.497 e. The molecule has 24 heavy (non-hydrogen) atoms. The Kier molecular flexibility index (Phi) is 5.25. The van der Waals surface area contributed by atoms with E-state index < -0.39 is 0 Å². The van der Waals surface area contributed by atoms with Crippen molar-refractivity contribution in [3.8, 4) is 5.75 Å². The van der Waals surface area contributed by atoms with Gasteiger partial charge in [-0.05, 0) is 37.1 Å². The fraction of sp³-hybridized carbons (Fsp3) is 0.389. The van der Waals surface area contributed by atoms with Crippen LogP contribution in [0.5, 0.6) is 5.75 Å². The standard InChI is InChI=1S/C18H22N4O2/c1-24-16-8-6-15(7-9-16)21-17(23)14-12-19-18(20-13-14)22-10-4-2-3-5-11-22/h6-9,12-13H,2-5,10-11H2,1H3,(H,21,23). The van der Waals surface area contributed by atoms with Crippen LogP contribution in [0.3, 0.4) is 0 Å². The molecule has 1 amide bonds. The van der Waals surface area contributed by atoms with Gasteiger partial charge in [0.1, 0.15) is 5.75 Å². The van der Waals surface area contributed by atoms with Crippen molar-refractivity contribution in [1.82, 2.24) is 9.97 Å². The fourth-order valence-electron chi connectivity index (χ4n) is 2.75. The number of methoxy groups -OCH3 is 1. The monoisotopic (exact) mass is 326 g/mol. The number of rotatable bonds is 4. The van der Waals surface area contributed by atoms with Crippen LogP contribution in [-0.2, 0) is 0 Å². The summed E-state index contributed by atoms with van der Waals surface area (Å²) in [5.41, 5.74) is 1.15. The number of nitrogens with one attached hydrogen (secondary N) is 1. The molecule has 1 fully saturated rings. The lowest BCUT2D eigenvalue weighted by Crippen LogP contribution is -2.26. The van der Waals surface area contributed by atoms with E-state index in [4.69, 9.17) is 4.74 Å². The van der Waals surface area contributed by atoms with E-state index in [1.165, 1.54) is 25.7 Å². The van der Waals surface area contributed by atoms with Gasteiger partial charge in [0.2, 0.25) is 5.95 Å². The van der Waals surface area contributed by atoms with Gasteiger partial charge in [0.15, 0.2) is 0 Å². The van der Waals surface area contributed by atoms with Crippen LogP contribution in [-0.4, -0.2) is 36.1 Å². The zero-order valence-electron chi connectivity index (χ0n) is 13.9. The summed E-state index contributed by atoms with van der Waals surface area (Å²) in [5.74, 6) is 1.23. The molecular weight excluding hydrogens is 304 g/mol. The second-order valence-electron chi connectivity index (χ2n) is 5.86. The predicted octanol–water partition coefficient (Wildman–Crippen LogP) is 3.12. The number of ether oxygens (including phenoxy) is 1. The summed E-state index contributed by atoms with van der Waals surface area (Å²) < 4.78 is 5.10. The molecule has 6 nitrogen and oxygen atoms in total. The highest BCUT2D eigenvalue weighted by Gasteiger charge is 2.14. The van der Waals surface area contributed by atoms with Crippen LogP contribution >= 0.6 is 0 Å². The minimum absolute atomic E-state index is 0.220. The Bertz CT molecular complexity index is 662. The summed E-state index contributed by atoms with van der Waals surface area (Å²) in [6.07, 6.45) is 8.04. The van der Waals surface area contributed by atoms with Gasteiger partial charge in [-0.25, -0.2) is 9.97 Å². The Morgan fingerprint density at radius 3 is 2.25 bits per heavy atom. The predicted molar refractivity (Wildman–Crippen MR) is 93.7 cm³/mol. The minimum Gasteiger partial charge on any atom is -0.497 e. The molecule has 1 aromatic carbocycles. The van der Waals surface area contributed by atoms with Crippen LogP contribution in [0.4, 0.5) is 11.6 Å². The lowest BCUT2D eigenvalue weighted by molar-refractivity contribution is 0.102. The number of hydrogen-bond acceptors (Lipinski definition) is 5. The van der Waals surface area contributed by atoms with Crippen LogP contribution < -0.4 is 15.0 Å².